The van der Waals surface area contributed by atoms with Crippen molar-refractivity contribution in [3.63, 3.8) is 0 Å². The molecule has 0 spiro atoms. The normalized spacial score (nSPS) is 11.1. The fraction of sp³-hybridized carbons (Fsp3) is 0.0435. The van der Waals surface area contributed by atoms with Crippen molar-refractivity contribution in [2.24, 2.45) is 0 Å². The van der Waals surface area contributed by atoms with E-state index >= 15 is 0 Å². The second-order valence-corrected chi connectivity index (χ2v) is 8.78. The largest absolute Gasteiger partial charge is 0.497 e. The van der Waals surface area contributed by atoms with Gasteiger partial charge in [0.25, 0.3) is 10.0 Å². The summed E-state index contributed by atoms with van der Waals surface area (Å²) in [5.74, 6) is -0.223. The molecule has 0 radical (unpaired) electrons. The van der Waals surface area contributed by atoms with E-state index in [9.17, 15) is 17.6 Å². The fourth-order valence-corrected chi connectivity index (χ4v) is 3.93. The van der Waals surface area contributed by atoms with E-state index in [1.54, 1.807) is 24.3 Å². The van der Waals surface area contributed by atoms with Crippen LogP contribution in [0.1, 0.15) is 5.56 Å². The molecule has 0 unspecified atom stereocenters. The summed E-state index contributed by atoms with van der Waals surface area (Å²) in [6.07, 6.45) is 2.79. The number of methoxy groups -OCH3 is 1. The van der Waals surface area contributed by atoms with Gasteiger partial charge in [-0.2, -0.15) is 0 Å². The Morgan fingerprint density at radius 1 is 0.939 bits per heavy atom. The first-order valence-corrected chi connectivity index (χ1v) is 11.5. The lowest BCUT2D eigenvalue weighted by atomic mass is 10.2. The second kappa shape index (κ2) is 10.7. The average molecular weight is 486 g/mol. The minimum Gasteiger partial charge on any atom is -0.497 e. The maximum Gasteiger partial charge on any atom is 0.261 e. The van der Waals surface area contributed by atoms with E-state index in [-0.39, 0.29) is 15.8 Å². The SMILES string of the molecule is COc1ccc(NS(=O)(=O)c2ccc(NC(=S)NC(=O)/C=C/c3ccc(F)cc3)cc2)cc1. The number of carbonyl (C=O) groups excluding carboxylic acids is 1. The van der Waals surface area contributed by atoms with Gasteiger partial charge in [-0.25, -0.2) is 12.8 Å². The Hall–Kier alpha value is -3.76. The van der Waals surface area contributed by atoms with Crippen LogP contribution < -0.4 is 20.1 Å². The van der Waals surface area contributed by atoms with Crippen LogP contribution in [0.15, 0.2) is 83.8 Å². The number of anilines is 2. The third-order valence-corrected chi connectivity index (χ3v) is 5.90. The Labute approximate surface area is 196 Å². The van der Waals surface area contributed by atoms with Gasteiger partial charge in [0.1, 0.15) is 11.6 Å². The molecule has 0 aliphatic carbocycles. The second-order valence-electron chi connectivity index (χ2n) is 6.69. The van der Waals surface area contributed by atoms with Crippen molar-refractivity contribution in [2.45, 2.75) is 4.90 Å². The molecule has 10 heteroatoms. The van der Waals surface area contributed by atoms with E-state index in [4.69, 9.17) is 17.0 Å². The predicted molar refractivity (Wildman–Crippen MR) is 130 cm³/mol. The summed E-state index contributed by atoms with van der Waals surface area (Å²) in [6.45, 7) is 0. The van der Waals surface area contributed by atoms with E-state index in [1.165, 1.54) is 67.8 Å². The molecule has 3 rings (SSSR count). The molecule has 0 aliphatic rings. The van der Waals surface area contributed by atoms with Crippen LogP contribution in [0.25, 0.3) is 6.08 Å². The van der Waals surface area contributed by atoms with Crippen molar-refractivity contribution in [3.05, 3.63) is 90.3 Å². The number of thiocarbonyl (C=S) groups is 1. The topological polar surface area (TPSA) is 96.5 Å². The summed E-state index contributed by atoms with van der Waals surface area (Å²) in [7, 11) is -2.26. The maximum atomic E-state index is 12.9. The standard InChI is InChI=1S/C23H20FN3O4S2/c1-31-20-11-7-19(8-12-20)27-33(29,30)21-13-9-18(10-14-21)25-23(32)26-22(28)15-4-16-2-5-17(24)6-3-16/h2-15,27H,1H3,(H2,25,26,28,32)/b15-4+. The number of nitrogens with one attached hydrogen (secondary N) is 3. The zero-order valence-electron chi connectivity index (χ0n) is 17.4. The van der Waals surface area contributed by atoms with Gasteiger partial charge in [-0.15, -0.1) is 0 Å². The highest BCUT2D eigenvalue weighted by Crippen LogP contribution is 2.20. The highest BCUT2D eigenvalue weighted by Gasteiger charge is 2.14. The van der Waals surface area contributed by atoms with Crippen LogP contribution in [-0.2, 0) is 14.8 Å². The molecule has 33 heavy (non-hydrogen) atoms. The zero-order valence-corrected chi connectivity index (χ0v) is 19.0. The molecular formula is C23H20FN3O4S2. The first-order valence-electron chi connectivity index (χ1n) is 9.58. The van der Waals surface area contributed by atoms with Gasteiger partial charge >= 0.3 is 0 Å². The molecule has 0 heterocycles. The quantitative estimate of drug-likeness (QED) is 0.344. The lowest BCUT2D eigenvalue weighted by Gasteiger charge is -2.11. The first kappa shape index (κ1) is 23.9. The summed E-state index contributed by atoms with van der Waals surface area (Å²) >= 11 is 5.11. The minimum absolute atomic E-state index is 0.0377. The molecule has 0 aromatic heterocycles. The predicted octanol–water partition coefficient (Wildman–Crippen LogP) is 4.16. The van der Waals surface area contributed by atoms with E-state index in [1.807, 2.05) is 0 Å². The number of hydrogen-bond donors (Lipinski definition) is 3. The number of benzene rings is 3. The van der Waals surface area contributed by atoms with E-state index in [0.717, 1.165) is 0 Å². The number of halogens is 1. The molecule has 0 saturated heterocycles. The molecular weight excluding hydrogens is 465 g/mol. The van der Waals surface area contributed by atoms with Crippen LogP contribution in [0.5, 0.6) is 5.75 Å². The van der Waals surface area contributed by atoms with Crippen LogP contribution in [0.3, 0.4) is 0 Å². The first-order chi connectivity index (χ1) is 15.7. The number of carbonyl (C=O) groups is 1. The Morgan fingerprint density at radius 3 is 2.15 bits per heavy atom. The Kier molecular flexibility index (Phi) is 7.75. The van der Waals surface area contributed by atoms with Gasteiger partial charge in [-0.1, -0.05) is 12.1 Å². The van der Waals surface area contributed by atoms with Crippen LogP contribution in [0.2, 0.25) is 0 Å². The summed E-state index contributed by atoms with van der Waals surface area (Å²) in [5, 5.41) is 5.32. The van der Waals surface area contributed by atoms with Crippen molar-refractivity contribution in [3.8, 4) is 5.75 Å². The molecule has 0 atom stereocenters. The Bertz CT molecular complexity index is 1260. The third kappa shape index (κ3) is 7.13. The van der Waals surface area contributed by atoms with Gasteiger partial charge in [0.2, 0.25) is 5.91 Å². The highest BCUT2D eigenvalue weighted by atomic mass is 32.2. The number of rotatable bonds is 7. The molecule has 0 aliphatic heterocycles. The van der Waals surface area contributed by atoms with Gasteiger partial charge in [-0.3, -0.25) is 14.8 Å². The molecule has 170 valence electrons. The van der Waals surface area contributed by atoms with Gasteiger partial charge in [-0.05, 0) is 84.5 Å². The van der Waals surface area contributed by atoms with Crippen LogP contribution in [-0.4, -0.2) is 26.5 Å². The van der Waals surface area contributed by atoms with Crippen molar-refractivity contribution in [1.82, 2.24) is 5.32 Å². The van der Waals surface area contributed by atoms with Crippen molar-refractivity contribution >= 4 is 50.7 Å². The van der Waals surface area contributed by atoms with E-state index in [0.29, 0.717) is 22.7 Å². The molecule has 3 aromatic rings. The van der Waals surface area contributed by atoms with Crippen molar-refractivity contribution in [1.29, 1.82) is 0 Å². The highest BCUT2D eigenvalue weighted by molar-refractivity contribution is 7.92. The smallest absolute Gasteiger partial charge is 0.261 e. The van der Waals surface area contributed by atoms with Crippen molar-refractivity contribution < 1.29 is 22.3 Å². The number of amides is 1. The van der Waals surface area contributed by atoms with Gasteiger partial charge < -0.3 is 10.1 Å². The summed E-state index contributed by atoms with van der Waals surface area (Å²) in [4.78, 5) is 12.0. The lowest BCUT2D eigenvalue weighted by molar-refractivity contribution is -0.115. The van der Waals surface area contributed by atoms with E-state index < -0.39 is 15.9 Å². The van der Waals surface area contributed by atoms with Gasteiger partial charge in [0.15, 0.2) is 5.11 Å². The zero-order chi connectivity index (χ0) is 23.8. The Balaban J connectivity index is 1.56. The summed E-state index contributed by atoms with van der Waals surface area (Å²) in [5.41, 5.74) is 1.55. The minimum atomic E-state index is -3.79. The lowest BCUT2D eigenvalue weighted by Crippen LogP contribution is -2.32. The molecule has 3 aromatic carbocycles. The van der Waals surface area contributed by atoms with Gasteiger partial charge in [0, 0.05) is 17.5 Å². The molecule has 0 bridgehead atoms. The maximum absolute atomic E-state index is 12.9. The number of hydrogen-bond acceptors (Lipinski definition) is 5. The van der Waals surface area contributed by atoms with Crippen LogP contribution in [0, 0.1) is 5.82 Å². The average Bonchev–Trinajstić information content (AvgIpc) is 2.79. The molecule has 1 amide bonds. The molecule has 3 N–H and O–H groups in total. The number of sulfonamides is 1. The monoisotopic (exact) mass is 485 g/mol. The summed E-state index contributed by atoms with van der Waals surface area (Å²) < 4.78 is 45.6. The summed E-state index contributed by atoms with van der Waals surface area (Å²) in [6, 6.07) is 18.0. The van der Waals surface area contributed by atoms with Crippen LogP contribution in [0.4, 0.5) is 15.8 Å². The molecule has 0 fully saturated rings. The molecule has 0 saturated carbocycles. The van der Waals surface area contributed by atoms with Gasteiger partial charge in [0.05, 0.1) is 12.0 Å². The Morgan fingerprint density at radius 2 is 1.55 bits per heavy atom. The van der Waals surface area contributed by atoms with Crippen LogP contribution >= 0.6 is 12.2 Å². The van der Waals surface area contributed by atoms with Crippen molar-refractivity contribution in [2.75, 3.05) is 17.1 Å². The fourth-order valence-electron chi connectivity index (χ4n) is 2.65. The number of ether oxygens (including phenoxy) is 1. The van der Waals surface area contributed by atoms with E-state index in [2.05, 4.69) is 15.4 Å². The third-order valence-electron chi connectivity index (χ3n) is 4.30. The molecule has 7 nitrogen and oxygen atoms in total.